The Morgan fingerprint density at radius 1 is 1.22 bits per heavy atom. The van der Waals surface area contributed by atoms with E-state index in [1.807, 2.05) is 0 Å². The van der Waals surface area contributed by atoms with Gasteiger partial charge in [0.2, 0.25) is 10.0 Å². The van der Waals surface area contributed by atoms with Gasteiger partial charge in [0.05, 0.1) is 15.5 Å². The minimum Gasteiger partial charge on any atom is -0.307 e. The van der Waals surface area contributed by atoms with Crippen LogP contribution in [0.4, 0.5) is 5.82 Å². The highest BCUT2D eigenvalue weighted by Crippen LogP contribution is 2.21. The molecule has 0 bridgehead atoms. The SMILES string of the molecule is CC(C)NS(=O)(=O)c1ccc(Cl)c(C(=O)Nc2ccccn2)c1. The molecule has 2 aromatic rings. The van der Waals surface area contributed by atoms with Crippen LogP contribution in [0.1, 0.15) is 24.2 Å². The van der Waals surface area contributed by atoms with Crippen LogP contribution in [0.2, 0.25) is 5.02 Å². The topological polar surface area (TPSA) is 88.2 Å². The molecule has 0 aliphatic heterocycles. The summed E-state index contributed by atoms with van der Waals surface area (Å²) >= 11 is 6.02. The molecule has 2 N–H and O–H groups in total. The van der Waals surface area contributed by atoms with E-state index in [4.69, 9.17) is 11.6 Å². The fraction of sp³-hybridized carbons (Fsp3) is 0.200. The molecule has 8 heteroatoms. The van der Waals surface area contributed by atoms with Crippen molar-refractivity contribution < 1.29 is 13.2 Å². The number of hydrogen-bond donors (Lipinski definition) is 2. The number of nitrogens with zero attached hydrogens (tertiary/aromatic N) is 1. The molecule has 122 valence electrons. The van der Waals surface area contributed by atoms with E-state index in [0.717, 1.165) is 0 Å². The van der Waals surface area contributed by atoms with Crippen LogP contribution in [-0.4, -0.2) is 25.4 Å². The molecular formula is C15H16ClN3O3S. The molecular weight excluding hydrogens is 338 g/mol. The van der Waals surface area contributed by atoms with Gasteiger partial charge in [-0.25, -0.2) is 18.1 Å². The quantitative estimate of drug-likeness (QED) is 0.865. The van der Waals surface area contributed by atoms with Crippen LogP contribution >= 0.6 is 11.6 Å². The summed E-state index contributed by atoms with van der Waals surface area (Å²) in [6.07, 6.45) is 1.53. The molecule has 1 aromatic heterocycles. The summed E-state index contributed by atoms with van der Waals surface area (Å²) in [7, 11) is -3.71. The van der Waals surface area contributed by atoms with Gasteiger partial charge in [-0.05, 0) is 44.2 Å². The second-order valence-corrected chi connectivity index (χ2v) is 7.21. The number of carbonyl (C=O) groups is 1. The van der Waals surface area contributed by atoms with E-state index in [2.05, 4.69) is 15.0 Å². The van der Waals surface area contributed by atoms with Gasteiger partial charge in [0.25, 0.3) is 5.91 Å². The Bertz CT molecular complexity index is 808. The third-order valence-electron chi connectivity index (χ3n) is 2.79. The van der Waals surface area contributed by atoms with Crippen LogP contribution in [0.25, 0.3) is 0 Å². The number of nitrogens with one attached hydrogen (secondary N) is 2. The number of anilines is 1. The summed E-state index contributed by atoms with van der Waals surface area (Å²) in [6, 6.07) is 8.76. The van der Waals surface area contributed by atoms with Gasteiger partial charge in [-0.1, -0.05) is 17.7 Å². The summed E-state index contributed by atoms with van der Waals surface area (Å²) in [5.41, 5.74) is 0.0592. The monoisotopic (exact) mass is 353 g/mol. The van der Waals surface area contributed by atoms with E-state index >= 15 is 0 Å². The summed E-state index contributed by atoms with van der Waals surface area (Å²) < 4.78 is 26.8. The van der Waals surface area contributed by atoms with Gasteiger partial charge in [0.1, 0.15) is 5.82 Å². The fourth-order valence-corrected chi connectivity index (χ4v) is 3.32. The zero-order chi connectivity index (χ0) is 17.0. The second kappa shape index (κ2) is 7.08. The number of halogens is 1. The van der Waals surface area contributed by atoms with Crippen molar-refractivity contribution in [3.05, 3.63) is 53.2 Å². The number of rotatable bonds is 5. The molecule has 0 aliphatic carbocycles. The van der Waals surface area contributed by atoms with Gasteiger partial charge in [0, 0.05) is 12.2 Å². The normalized spacial score (nSPS) is 11.5. The molecule has 0 saturated heterocycles. The van der Waals surface area contributed by atoms with Crippen molar-refractivity contribution in [1.29, 1.82) is 0 Å². The minimum absolute atomic E-state index is 0.0261. The van der Waals surface area contributed by atoms with E-state index in [-0.39, 0.29) is 21.5 Å². The summed E-state index contributed by atoms with van der Waals surface area (Å²) in [4.78, 5) is 16.2. The zero-order valence-corrected chi connectivity index (χ0v) is 14.1. The summed E-state index contributed by atoms with van der Waals surface area (Å²) in [5.74, 6) is -0.183. The van der Waals surface area contributed by atoms with Gasteiger partial charge in [-0.15, -0.1) is 0 Å². The summed E-state index contributed by atoms with van der Waals surface area (Å²) in [5, 5.41) is 2.72. The first-order chi connectivity index (χ1) is 10.8. The number of sulfonamides is 1. The van der Waals surface area contributed by atoms with Crippen molar-refractivity contribution >= 4 is 33.3 Å². The van der Waals surface area contributed by atoms with Crippen molar-refractivity contribution in [2.75, 3.05) is 5.32 Å². The lowest BCUT2D eigenvalue weighted by Crippen LogP contribution is -2.30. The van der Waals surface area contributed by atoms with Crippen molar-refractivity contribution in [3.8, 4) is 0 Å². The van der Waals surface area contributed by atoms with Crippen LogP contribution in [0.15, 0.2) is 47.5 Å². The Kier molecular flexibility index (Phi) is 5.35. The molecule has 0 unspecified atom stereocenters. The first-order valence-electron chi connectivity index (χ1n) is 6.84. The molecule has 0 radical (unpaired) electrons. The predicted octanol–water partition coefficient (Wildman–Crippen LogP) is 2.67. The molecule has 0 aliphatic rings. The van der Waals surface area contributed by atoms with Crippen LogP contribution in [0, 0.1) is 0 Å². The van der Waals surface area contributed by atoms with E-state index in [1.165, 1.54) is 24.4 Å². The van der Waals surface area contributed by atoms with Gasteiger partial charge >= 0.3 is 0 Å². The average molecular weight is 354 g/mol. The van der Waals surface area contributed by atoms with Crippen molar-refractivity contribution in [2.24, 2.45) is 0 Å². The van der Waals surface area contributed by atoms with Gasteiger partial charge in [0.15, 0.2) is 0 Å². The van der Waals surface area contributed by atoms with Gasteiger partial charge in [-0.3, -0.25) is 4.79 Å². The molecule has 0 spiro atoms. The molecule has 6 nitrogen and oxygen atoms in total. The number of aromatic nitrogens is 1. The number of amides is 1. The van der Waals surface area contributed by atoms with Crippen LogP contribution in [0.3, 0.4) is 0 Å². The predicted molar refractivity (Wildman–Crippen MR) is 89.1 cm³/mol. The lowest BCUT2D eigenvalue weighted by atomic mass is 10.2. The van der Waals surface area contributed by atoms with Crippen molar-refractivity contribution in [3.63, 3.8) is 0 Å². The summed E-state index contributed by atoms with van der Waals surface area (Å²) in [6.45, 7) is 3.42. The minimum atomic E-state index is -3.71. The van der Waals surface area contributed by atoms with Gasteiger partial charge in [-0.2, -0.15) is 0 Å². The van der Waals surface area contributed by atoms with Gasteiger partial charge < -0.3 is 5.32 Å². The van der Waals surface area contributed by atoms with Crippen molar-refractivity contribution in [2.45, 2.75) is 24.8 Å². The van der Waals surface area contributed by atoms with E-state index in [0.29, 0.717) is 5.82 Å². The maximum atomic E-state index is 12.3. The highest BCUT2D eigenvalue weighted by Gasteiger charge is 2.19. The number of benzene rings is 1. The van der Waals surface area contributed by atoms with Crippen LogP contribution in [0.5, 0.6) is 0 Å². The molecule has 1 heterocycles. The maximum Gasteiger partial charge on any atom is 0.258 e. The lowest BCUT2D eigenvalue weighted by molar-refractivity contribution is 0.102. The maximum absolute atomic E-state index is 12.3. The highest BCUT2D eigenvalue weighted by molar-refractivity contribution is 7.89. The molecule has 0 atom stereocenters. The third kappa shape index (κ3) is 4.51. The standard InChI is InChI=1S/C15H16ClN3O3S/c1-10(2)19-23(21,22)11-6-7-13(16)12(9-11)15(20)18-14-5-3-4-8-17-14/h3-10,19H,1-2H3,(H,17,18,20). The van der Waals surface area contributed by atoms with E-state index in [1.54, 1.807) is 32.0 Å². The Morgan fingerprint density at radius 2 is 1.96 bits per heavy atom. The molecule has 2 rings (SSSR count). The number of carbonyl (C=O) groups excluding carboxylic acids is 1. The number of pyridine rings is 1. The van der Waals surface area contributed by atoms with Crippen LogP contribution in [-0.2, 0) is 10.0 Å². The third-order valence-corrected chi connectivity index (χ3v) is 4.78. The number of hydrogen-bond acceptors (Lipinski definition) is 4. The molecule has 0 fully saturated rings. The second-order valence-electron chi connectivity index (χ2n) is 5.09. The lowest BCUT2D eigenvalue weighted by Gasteiger charge is -2.11. The largest absolute Gasteiger partial charge is 0.307 e. The Hall–Kier alpha value is -1.96. The highest BCUT2D eigenvalue weighted by atomic mass is 35.5. The smallest absolute Gasteiger partial charge is 0.258 e. The Labute approximate surface area is 139 Å². The molecule has 23 heavy (non-hydrogen) atoms. The molecule has 0 saturated carbocycles. The Balaban J connectivity index is 2.32. The van der Waals surface area contributed by atoms with Crippen LogP contribution < -0.4 is 10.0 Å². The molecule has 1 amide bonds. The molecule has 1 aromatic carbocycles. The van der Waals surface area contributed by atoms with Crippen molar-refractivity contribution in [1.82, 2.24) is 9.71 Å². The fourth-order valence-electron chi connectivity index (χ4n) is 1.84. The first kappa shape index (κ1) is 17.4. The zero-order valence-electron chi connectivity index (χ0n) is 12.6. The first-order valence-corrected chi connectivity index (χ1v) is 8.70. The average Bonchev–Trinajstić information content (AvgIpc) is 2.47. The van der Waals surface area contributed by atoms with E-state index < -0.39 is 15.9 Å². The Morgan fingerprint density at radius 3 is 2.57 bits per heavy atom. The van der Waals surface area contributed by atoms with E-state index in [9.17, 15) is 13.2 Å².